The van der Waals surface area contributed by atoms with Crippen molar-refractivity contribution in [3.63, 3.8) is 0 Å². The van der Waals surface area contributed by atoms with Gasteiger partial charge in [0, 0.05) is 25.0 Å². The number of carboxylic acids is 1. The summed E-state index contributed by atoms with van der Waals surface area (Å²) < 4.78 is 49.2. The molecule has 1 saturated heterocycles. The number of carboxylic acid groups (broad SMARTS) is 1. The number of pyridine rings is 1. The highest BCUT2D eigenvalue weighted by atomic mass is 32.2. The molecular weight excluding hydrogens is 344 g/mol. The first-order valence-electron chi connectivity index (χ1n) is 6.96. The SMILES string of the molecule is C[C@@H]1[C@H](C(=O)O)CCCN1S(=O)(=O)c1ccc(S(C)(=O)=O)nc1. The molecule has 0 spiro atoms. The first-order valence-corrected chi connectivity index (χ1v) is 10.3. The standard InChI is InChI=1S/C13H18N2O6S2/c1-9-11(13(16)17)4-3-7-15(9)23(20,21)10-5-6-12(14-8-10)22(2,18)19/h5-6,8-9,11H,3-4,7H2,1-2H3,(H,16,17)/t9-,11-/m1/s1. The lowest BCUT2D eigenvalue weighted by molar-refractivity contribution is -0.144. The predicted molar refractivity (Wildman–Crippen MR) is 81.1 cm³/mol. The molecule has 0 saturated carbocycles. The number of sulfonamides is 1. The van der Waals surface area contributed by atoms with Gasteiger partial charge in [0.25, 0.3) is 0 Å². The predicted octanol–water partition coefficient (Wildman–Crippen LogP) is 0.359. The van der Waals surface area contributed by atoms with E-state index in [1.165, 1.54) is 6.07 Å². The van der Waals surface area contributed by atoms with E-state index in [9.17, 15) is 26.7 Å². The first-order chi connectivity index (χ1) is 10.5. The van der Waals surface area contributed by atoms with Crippen LogP contribution in [0.5, 0.6) is 0 Å². The average Bonchev–Trinajstić information content (AvgIpc) is 2.46. The minimum absolute atomic E-state index is 0.150. The van der Waals surface area contributed by atoms with Gasteiger partial charge in [0.2, 0.25) is 10.0 Å². The van der Waals surface area contributed by atoms with Crippen LogP contribution >= 0.6 is 0 Å². The summed E-state index contributed by atoms with van der Waals surface area (Å²) in [7, 11) is -7.45. The molecule has 1 aliphatic heterocycles. The Morgan fingerprint density at radius 3 is 2.43 bits per heavy atom. The van der Waals surface area contributed by atoms with E-state index >= 15 is 0 Å². The molecule has 0 amide bonds. The molecule has 10 heteroatoms. The van der Waals surface area contributed by atoms with Crippen LogP contribution in [0.4, 0.5) is 0 Å². The van der Waals surface area contributed by atoms with Gasteiger partial charge in [-0.1, -0.05) is 0 Å². The van der Waals surface area contributed by atoms with E-state index < -0.39 is 37.8 Å². The fourth-order valence-electron chi connectivity index (χ4n) is 2.66. The number of nitrogens with zero attached hydrogens (tertiary/aromatic N) is 2. The lowest BCUT2D eigenvalue weighted by atomic mass is 9.92. The summed E-state index contributed by atoms with van der Waals surface area (Å²) in [5.41, 5.74) is 0. The van der Waals surface area contributed by atoms with Crippen LogP contribution in [0.2, 0.25) is 0 Å². The normalized spacial score (nSPS) is 23.6. The Balaban J connectivity index is 2.36. The highest BCUT2D eigenvalue weighted by molar-refractivity contribution is 7.90. The van der Waals surface area contributed by atoms with E-state index in [1.807, 2.05) is 0 Å². The summed E-state index contributed by atoms with van der Waals surface area (Å²) in [6.45, 7) is 1.79. The molecule has 8 nitrogen and oxygen atoms in total. The zero-order chi connectivity index (χ0) is 17.4. The Kier molecular flexibility index (Phi) is 4.79. The van der Waals surface area contributed by atoms with E-state index in [-0.39, 0.29) is 16.5 Å². The van der Waals surface area contributed by atoms with E-state index in [1.54, 1.807) is 6.92 Å². The molecule has 1 aromatic rings. The maximum atomic E-state index is 12.7. The molecule has 128 valence electrons. The minimum atomic E-state index is -3.93. The fourth-order valence-corrected chi connectivity index (χ4v) is 4.87. The molecule has 1 aromatic heterocycles. The second-order valence-corrected chi connectivity index (χ2v) is 9.40. The topological polar surface area (TPSA) is 122 Å². The highest BCUT2D eigenvalue weighted by Gasteiger charge is 2.39. The Morgan fingerprint density at radius 2 is 1.96 bits per heavy atom. The minimum Gasteiger partial charge on any atom is -0.481 e. The van der Waals surface area contributed by atoms with Gasteiger partial charge in [-0.2, -0.15) is 4.31 Å². The Morgan fingerprint density at radius 1 is 1.30 bits per heavy atom. The summed E-state index contributed by atoms with van der Waals surface area (Å²) in [6.07, 6.45) is 2.85. The zero-order valence-electron chi connectivity index (χ0n) is 12.7. The largest absolute Gasteiger partial charge is 0.481 e. The lowest BCUT2D eigenvalue weighted by Gasteiger charge is -2.36. The zero-order valence-corrected chi connectivity index (χ0v) is 14.3. The summed E-state index contributed by atoms with van der Waals surface area (Å²) in [6, 6.07) is 1.63. The molecule has 2 atom stereocenters. The Hall–Kier alpha value is -1.52. The summed E-state index contributed by atoms with van der Waals surface area (Å²) >= 11 is 0. The molecular formula is C13H18N2O6S2. The van der Waals surface area contributed by atoms with Gasteiger partial charge >= 0.3 is 5.97 Å². The molecule has 1 aliphatic rings. The van der Waals surface area contributed by atoms with Crippen molar-refractivity contribution >= 4 is 25.8 Å². The van der Waals surface area contributed by atoms with E-state index in [4.69, 9.17) is 0 Å². The van der Waals surface area contributed by atoms with Gasteiger partial charge in [0.15, 0.2) is 14.9 Å². The number of hydrogen-bond donors (Lipinski definition) is 1. The number of hydrogen-bond acceptors (Lipinski definition) is 6. The van der Waals surface area contributed by atoms with Crippen LogP contribution in [0.1, 0.15) is 19.8 Å². The number of carbonyl (C=O) groups is 1. The van der Waals surface area contributed by atoms with Crippen LogP contribution in [0.3, 0.4) is 0 Å². The number of aromatic nitrogens is 1. The van der Waals surface area contributed by atoms with Crippen LogP contribution < -0.4 is 0 Å². The van der Waals surface area contributed by atoms with Crippen LogP contribution in [0.15, 0.2) is 28.3 Å². The average molecular weight is 362 g/mol. The van der Waals surface area contributed by atoms with Crippen molar-refractivity contribution in [3.05, 3.63) is 18.3 Å². The Bertz CT molecular complexity index is 801. The molecule has 0 aromatic carbocycles. The molecule has 1 N–H and O–H groups in total. The van der Waals surface area contributed by atoms with Gasteiger partial charge in [0.05, 0.1) is 5.92 Å². The lowest BCUT2D eigenvalue weighted by Crippen LogP contribution is -2.49. The maximum absolute atomic E-state index is 12.7. The van der Waals surface area contributed by atoms with Gasteiger partial charge in [-0.15, -0.1) is 0 Å². The van der Waals surface area contributed by atoms with E-state index in [2.05, 4.69) is 4.98 Å². The molecule has 2 rings (SSSR count). The molecule has 0 bridgehead atoms. The molecule has 0 unspecified atom stereocenters. The van der Waals surface area contributed by atoms with Gasteiger partial charge in [-0.3, -0.25) is 4.79 Å². The number of sulfone groups is 1. The van der Waals surface area contributed by atoms with Gasteiger partial charge in [-0.25, -0.2) is 21.8 Å². The van der Waals surface area contributed by atoms with Crippen molar-refractivity contribution in [3.8, 4) is 0 Å². The second kappa shape index (κ2) is 6.17. The van der Waals surface area contributed by atoms with Gasteiger partial charge < -0.3 is 5.11 Å². The van der Waals surface area contributed by atoms with E-state index in [0.29, 0.717) is 12.8 Å². The van der Waals surface area contributed by atoms with Crippen molar-refractivity contribution in [2.75, 3.05) is 12.8 Å². The van der Waals surface area contributed by atoms with Crippen LogP contribution in [0.25, 0.3) is 0 Å². The summed E-state index contributed by atoms with van der Waals surface area (Å²) in [4.78, 5) is 14.8. The number of piperidine rings is 1. The second-order valence-electron chi connectivity index (χ2n) is 5.55. The Labute approximate surface area is 135 Å². The fraction of sp³-hybridized carbons (Fsp3) is 0.538. The van der Waals surface area contributed by atoms with Crippen molar-refractivity contribution in [1.82, 2.24) is 9.29 Å². The van der Waals surface area contributed by atoms with Crippen LogP contribution in [0, 0.1) is 5.92 Å². The van der Waals surface area contributed by atoms with Crippen LogP contribution in [-0.4, -0.2) is 56.0 Å². The number of rotatable bonds is 4. The van der Waals surface area contributed by atoms with Gasteiger partial charge in [-0.05, 0) is 31.9 Å². The summed E-state index contributed by atoms with van der Waals surface area (Å²) in [5, 5.41) is 8.97. The third-order valence-electron chi connectivity index (χ3n) is 3.94. The third kappa shape index (κ3) is 3.54. The molecule has 0 aliphatic carbocycles. The first kappa shape index (κ1) is 17.8. The van der Waals surface area contributed by atoms with Crippen molar-refractivity contribution in [2.45, 2.75) is 35.7 Å². The van der Waals surface area contributed by atoms with Crippen molar-refractivity contribution < 1.29 is 26.7 Å². The molecule has 0 radical (unpaired) electrons. The third-order valence-corrected chi connectivity index (χ3v) is 6.91. The van der Waals surface area contributed by atoms with Crippen LogP contribution in [-0.2, 0) is 24.7 Å². The van der Waals surface area contributed by atoms with Gasteiger partial charge in [0.1, 0.15) is 4.90 Å². The van der Waals surface area contributed by atoms with Crippen molar-refractivity contribution in [1.29, 1.82) is 0 Å². The quantitative estimate of drug-likeness (QED) is 0.820. The molecule has 23 heavy (non-hydrogen) atoms. The molecule has 2 heterocycles. The molecule has 1 fully saturated rings. The van der Waals surface area contributed by atoms with E-state index in [0.717, 1.165) is 22.8 Å². The summed E-state index contributed by atoms with van der Waals surface area (Å²) in [5.74, 6) is -1.79. The maximum Gasteiger partial charge on any atom is 0.308 e. The smallest absolute Gasteiger partial charge is 0.308 e. The number of aliphatic carboxylic acids is 1. The monoisotopic (exact) mass is 362 g/mol. The highest BCUT2D eigenvalue weighted by Crippen LogP contribution is 2.29. The van der Waals surface area contributed by atoms with Crippen molar-refractivity contribution in [2.24, 2.45) is 5.92 Å².